The van der Waals surface area contributed by atoms with E-state index in [0.29, 0.717) is 0 Å². The maximum atomic E-state index is 8.94. The number of hydrogen-bond donors (Lipinski definition) is 1. The van der Waals surface area contributed by atoms with Crippen molar-refractivity contribution in [2.45, 2.75) is 33.0 Å². The largest absolute Gasteiger partial charge is 0.389 e. The molecule has 0 saturated heterocycles. The Bertz CT molecular complexity index is 116. The molecule has 0 spiro atoms. The topological polar surface area (TPSA) is 29.5 Å². The van der Waals surface area contributed by atoms with E-state index >= 15 is 0 Å². The Labute approximate surface area is 62.5 Å². The smallest absolute Gasteiger partial charge is 0.0751 e. The molecule has 0 aliphatic carbocycles. The van der Waals surface area contributed by atoms with Crippen molar-refractivity contribution in [3.63, 3.8) is 0 Å². The highest BCUT2D eigenvalue weighted by Gasteiger charge is 2.01. The van der Waals surface area contributed by atoms with Gasteiger partial charge in [-0.15, -0.1) is 0 Å². The second-order valence-corrected chi connectivity index (χ2v) is 2.53. The Morgan fingerprint density at radius 1 is 1.50 bits per heavy atom. The molecule has 60 valence electrons. The predicted octanol–water partition coefficient (Wildman–Crippen LogP) is 1.35. The molecule has 0 aromatic carbocycles. The fourth-order valence-electron chi connectivity index (χ4n) is 0.702. The minimum absolute atomic E-state index is 0.106. The molecular weight excluding hydrogens is 128 g/mol. The summed E-state index contributed by atoms with van der Waals surface area (Å²) in [4.78, 5) is 0. The first-order valence-electron chi connectivity index (χ1n) is 3.47. The molecule has 0 heterocycles. The molecule has 0 fully saturated rings. The van der Waals surface area contributed by atoms with Gasteiger partial charge in [-0.25, -0.2) is 0 Å². The van der Waals surface area contributed by atoms with Gasteiger partial charge in [0, 0.05) is 7.11 Å². The van der Waals surface area contributed by atoms with Gasteiger partial charge in [0.1, 0.15) is 0 Å². The lowest BCUT2D eigenvalue weighted by Gasteiger charge is -2.10. The van der Waals surface area contributed by atoms with Gasteiger partial charge in [0.2, 0.25) is 0 Å². The van der Waals surface area contributed by atoms with Gasteiger partial charge >= 0.3 is 0 Å². The van der Waals surface area contributed by atoms with Crippen molar-refractivity contribution in [2.75, 3.05) is 7.11 Å². The quantitative estimate of drug-likeness (QED) is 0.606. The number of aliphatic hydroxyl groups excluding tert-OH is 1. The lowest BCUT2D eigenvalue weighted by atomic mass is 10.1. The van der Waals surface area contributed by atoms with Crippen molar-refractivity contribution in [1.82, 2.24) is 0 Å². The van der Waals surface area contributed by atoms with E-state index in [9.17, 15) is 0 Å². The Morgan fingerprint density at radius 2 is 2.00 bits per heavy atom. The van der Waals surface area contributed by atoms with E-state index in [2.05, 4.69) is 0 Å². The second kappa shape index (κ2) is 4.47. The summed E-state index contributed by atoms with van der Waals surface area (Å²) in [6.45, 7) is 5.63. The Morgan fingerprint density at radius 3 is 2.30 bits per heavy atom. The van der Waals surface area contributed by atoms with E-state index in [1.54, 1.807) is 20.1 Å². The summed E-state index contributed by atoms with van der Waals surface area (Å²) in [6.07, 6.45) is 1.51. The van der Waals surface area contributed by atoms with Gasteiger partial charge in [0.05, 0.1) is 12.2 Å². The molecule has 0 aliphatic rings. The normalized spacial score (nSPS) is 18.7. The van der Waals surface area contributed by atoms with Crippen LogP contribution in [0.1, 0.15) is 20.8 Å². The van der Waals surface area contributed by atoms with Crippen molar-refractivity contribution in [2.24, 2.45) is 0 Å². The standard InChI is InChI=1S/C8H16O2/c1-6(5-7(2)9)8(3)10-4/h5,7-9H,1-4H3. The summed E-state index contributed by atoms with van der Waals surface area (Å²) >= 11 is 0. The number of rotatable bonds is 3. The van der Waals surface area contributed by atoms with Crippen LogP contribution in [0.5, 0.6) is 0 Å². The van der Waals surface area contributed by atoms with Crippen LogP contribution in [0.4, 0.5) is 0 Å². The highest BCUT2D eigenvalue weighted by molar-refractivity contribution is 5.05. The molecule has 2 heteroatoms. The molecule has 0 aromatic heterocycles. The van der Waals surface area contributed by atoms with Crippen LogP contribution in [-0.2, 0) is 4.74 Å². The van der Waals surface area contributed by atoms with Gasteiger partial charge in [-0.2, -0.15) is 0 Å². The molecule has 0 aliphatic heterocycles. The first-order chi connectivity index (χ1) is 4.57. The lowest BCUT2D eigenvalue weighted by molar-refractivity contribution is 0.144. The molecule has 2 nitrogen and oxygen atoms in total. The molecule has 0 saturated carbocycles. The second-order valence-electron chi connectivity index (χ2n) is 2.53. The van der Waals surface area contributed by atoms with Crippen LogP contribution in [0, 0.1) is 0 Å². The Balaban J connectivity index is 3.91. The SMILES string of the molecule is COC(C)C(C)=CC(C)O. The van der Waals surface area contributed by atoms with E-state index in [0.717, 1.165) is 5.57 Å². The average Bonchev–Trinajstić information content (AvgIpc) is 1.85. The minimum atomic E-state index is -0.377. The number of ether oxygens (including phenoxy) is 1. The molecule has 0 bridgehead atoms. The fourth-order valence-corrected chi connectivity index (χ4v) is 0.702. The molecule has 2 unspecified atom stereocenters. The van der Waals surface area contributed by atoms with Crippen molar-refractivity contribution >= 4 is 0 Å². The molecule has 1 N–H and O–H groups in total. The third-order valence-corrected chi connectivity index (χ3v) is 1.50. The van der Waals surface area contributed by atoms with Crippen LogP contribution in [0.15, 0.2) is 11.6 Å². The summed E-state index contributed by atoms with van der Waals surface area (Å²) in [5, 5.41) is 8.94. The molecule has 2 atom stereocenters. The van der Waals surface area contributed by atoms with Crippen LogP contribution < -0.4 is 0 Å². The van der Waals surface area contributed by atoms with E-state index in [-0.39, 0.29) is 12.2 Å². The van der Waals surface area contributed by atoms with Gasteiger partial charge in [0.15, 0.2) is 0 Å². The third kappa shape index (κ3) is 3.64. The maximum Gasteiger partial charge on any atom is 0.0751 e. The zero-order valence-electron chi connectivity index (χ0n) is 7.09. The predicted molar refractivity (Wildman–Crippen MR) is 41.9 cm³/mol. The Kier molecular flexibility index (Phi) is 4.32. The van der Waals surface area contributed by atoms with Crippen LogP contribution in [0.3, 0.4) is 0 Å². The van der Waals surface area contributed by atoms with Crippen LogP contribution >= 0.6 is 0 Å². The minimum Gasteiger partial charge on any atom is -0.389 e. The lowest BCUT2D eigenvalue weighted by Crippen LogP contribution is -2.08. The van der Waals surface area contributed by atoms with E-state index < -0.39 is 0 Å². The highest BCUT2D eigenvalue weighted by atomic mass is 16.5. The molecule has 0 aromatic rings. The molecule has 0 rings (SSSR count). The van der Waals surface area contributed by atoms with E-state index in [4.69, 9.17) is 9.84 Å². The van der Waals surface area contributed by atoms with Crippen LogP contribution in [0.2, 0.25) is 0 Å². The summed E-state index contributed by atoms with van der Waals surface area (Å²) in [6, 6.07) is 0. The molecular formula is C8H16O2. The first-order valence-corrected chi connectivity index (χ1v) is 3.47. The van der Waals surface area contributed by atoms with Crippen molar-refractivity contribution < 1.29 is 9.84 Å². The van der Waals surface area contributed by atoms with Crippen molar-refractivity contribution in [1.29, 1.82) is 0 Å². The van der Waals surface area contributed by atoms with Crippen molar-refractivity contribution in [3.8, 4) is 0 Å². The van der Waals surface area contributed by atoms with Crippen LogP contribution in [-0.4, -0.2) is 24.4 Å². The highest BCUT2D eigenvalue weighted by Crippen LogP contribution is 2.04. The van der Waals surface area contributed by atoms with E-state index in [1.807, 2.05) is 13.8 Å². The van der Waals surface area contributed by atoms with Gasteiger partial charge in [0.25, 0.3) is 0 Å². The van der Waals surface area contributed by atoms with Gasteiger partial charge in [-0.3, -0.25) is 0 Å². The first kappa shape index (κ1) is 9.66. The zero-order chi connectivity index (χ0) is 8.15. The molecule has 0 radical (unpaired) electrons. The fraction of sp³-hybridized carbons (Fsp3) is 0.750. The number of hydrogen-bond acceptors (Lipinski definition) is 2. The average molecular weight is 144 g/mol. The van der Waals surface area contributed by atoms with Crippen molar-refractivity contribution in [3.05, 3.63) is 11.6 Å². The number of aliphatic hydroxyl groups is 1. The van der Waals surface area contributed by atoms with Gasteiger partial charge in [-0.05, 0) is 26.3 Å². The summed E-state index contributed by atoms with van der Waals surface area (Å²) < 4.78 is 5.03. The number of methoxy groups -OCH3 is 1. The molecule has 0 amide bonds. The Hall–Kier alpha value is -0.340. The van der Waals surface area contributed by atoms with Crippen LogP contribution in [0.25, 0.3) is 0 Å². The van der Waals surface area contributed by atoms with E-state index in [1.165, 1.54) is 0 Å². The summed E-state index contributed by atoms with van der Waals surface area (Å²) in [5.74, 6) is 0. The summed E-state index contributed by atoms with van der Waals surface area (Å²) in [7, 11) is 1.66. The maximum absolute atomic E-state index is 8.94. The zero-order valence-corrected chi connectivity index (χ0v) is 7.09. The van der Waals surface area contributed by atoms with Gasteiger partial charge in [-0.1, -0.05) is 6.08 Å². The third-order valence-electron chi connectivity index (χ3n) is 1.50. The summed E-state index contributed by atoms with van der Waals surface area (Å²) in [5.41, 5.74) is 1.07. The molecule has 10 heavy (non-hydrogen) atoms. The van der Waals surface area contributed by atoms with Gasteiger partial charge < -0.3 is 9.84 Å². The monoisotopic (exact) mass is 144 g/mol.